The summed E-state index contributed by atoms with van der Waals surface area (Å²) >= 11 is 0. The third kappa shape index (κ3) is 51.7. The molecule has 0 bridgehead atoms. The van der Waals surface area contributed by atoms with Crippen molar-refractivity contribution in [3.63, 3.8) is 0 Å². The van der Waals surface area contributed by atoms with Gasteiger partial charge in [-0.05, 0) is 89.9 Å². The zero-order valence-corrected chi connectivity index (χ0v) is 42.7. The Morgan fingerprint density at radius 3 is 0.954 bits per heavy atom. The molecule has 374 valence electrons. The first kappa shape index (κ1) is 61.9. The average molecular weight is 907 g/mol. The quantitative estimate of drug-likeness (QED) is 0.0262. The van der Waals surface area contributed by atoms with E-state index in [1.807, 2.05) is 0 Å². The molecule has 0 N–H and O–H groups in total. The Hall–Kier alpha value is -3.15. The number of esters is 3. The predicted octanol–water partition coefficient (Wildman–Crippen LogP) is 18.2. The van der Waals surface area contributed by atoms with Gasteiger partial charge in [-0.15, -0.1) is 0 Å². The molecule has 0 aromatic heterocycles. The number of ether oxygens (including phenoxy) is 3. The van der Waals surface area contributed by atoms with Crippen molar-refractivity contribution in [3.05, 3.63) is 72.9 Å². The molecule has 0 aromatic rings. The molecule has 6 heteroatoms. The Morgan fingerprint density at radius 2 is 0.600 bits per heavy atom. The number of rotatable bonds is 49. The number of carbonyl (C=O) groups excluding carboxylic acids is 3. The van der Waals surface area contributed by atoms with E-state index in [2.05, 4.69) is 93.7 Å². The third-order valence-corrected chi connectivity index (χ3v) is 11.7. The van der Waals surface area contributed by atoms with Crippen molar-refractivity contribution >= 4 is 17.9 Å². The van der Waals surface area contributed by atoms with Crippen molar-refractivity contribution in [1.82, 2.24) is 0 Å². The molecule has 0 aromatic carbocycles. The van der Waals surface area contributed by atoms with Gasteiger partial charge in [-0.1, -0.05) is 229 Å². The maximum absolute atomic E-state index is 12.8. The van der Waals surface area contributed by atoms with Gasteiger partial charge in [0.05, 0.1) is 0 Å². The normalized spacial score (nSPS) is 12.6. The summed E-state index contributed by atoms with van der Waals surface area (Å²) in [6, 6.07) is 0. The summed E-state index contributed by atoms with van der Waals surface area (Å²) in [5.74, 6) is -0.906. The van der Waals surface area contributed by atoms with Crippen LogP contribution in [0.3, 0.4) is 0 Å². The highest BCUT2D eigenvalue weighted by atomic mass is 16.6. The lowest BCUT2D eigenvalue weighted by Gasteiger charge is -2.18. The molecule has 0 radical (unpaired) electrons. The fraction of sp³-hybridized carbons (Fsp3) is 0.746. The van der Waals surface area contributed by atoms with E-state index in [0.29, 0.717) is 19.3 Å². The van der Waals surface area contributed by atoms with Crippen LogP contribution in [0.4, 0.5) is 0 Å². The summed E-state index contributed by atoms with van der Waals surface area (Å²) < 4.78 is 16.8. The topological polar surface area (TPSA) is 78.9 Å². The predicted molar refractivity (Wildman–Crippen MR) is 279 cm³/mol. The van der Waals surface area contributed by atoms with Gasteiger partial charge >= 0.3 is 17.9 Å². The molecule has 0 saturated heterocycles. The van der Waals surface area contributed by atoms with Crippen LogP contribution < -0.4 is 0 Å². The molecule has 0 aliphatic rings. The second-order valence-electron chi connectivity index (χ2n) is 18.1. The van der Waals surface area contributed by atoms with Crippen LogP contribution >= 0.6 is 0 Å². The van der Waals surface area contributed by atoms with E-state index < -0.39 is 6.10 Å². The fourth-order valence-electron chi connectivity index (χ4n) is 7.58. The van der Waals surface area contributed by atoms with Gasteiger partial charge in [0, 0.05) is 19.3 Å². The van der Waals surface area contributed by atoms with Crippen LogP contribution in [0.1, 0.15) is 265 Å². The van der Waals surface area contributed by atoms with E-state index in [-0.39, 0.29) is 31.1 Å². The van der Waals surface area contributed by atoms with E-state index >= 15 is 0 Å². The lowest BCUT2D eigenvalue weighted by molar-refractivity contribution is -0.167. The molecule has 1 unspecified atom stereocenters. The summed E-state index contributed by atoms with van der Waals surface area (Å²) in [7, 11) is 0. The first-order valence-electron chi connectivity index (χ1n) is 27.4. The van der Waals surface area contributed by atoms with Crippen LogP contribution in [0.5, 0.6) is 0 Å². The molecule has 0 heterocycles. The van der Waals surface area contributed by atoms with Gasteiger partial charge in [0.1, 0.15) is 13.2 Å². The summed E-state index contributed by atoms with van der Waals surface area (Å²) in [6.07, 6.45) is 67.5. The lowest BCUT2D eigenvalue weighted by atomic mass is 10.1. The minimum absolute atomic E-state index is 0.0823. The Kier molecular flexibility index (Phi) is 50.9. The molecule has 0 saturated carbocycles. The number of hydrogen-bond donors (Lipinski definition) is 0. The van der Waals surface area contributed by atoms with Crippen molar-refractivity contribution in [2.75, 3.05) is 13.2 Å². The molecular formula is C59H102O6. The Balaban J connectivity index is 4.31. The SMILES string of the molecule is CC/C=C\C/C=C\C/C=C\C/C=C\C/C=C\CCCCCCCC(=O)OCC(COC(=O)CCCCCCCCCC)OC(=O)CCCCCCCCC/C=C\CCCCCCCCC. The van der Waals surface area contributed by atoms with E-state index in [1.54, 1.807) is 0 Å². The minimum atomic E-state index is -0.783. The number of allylic oxidation sites excluding steroid dienone is 12. The number of unbranched alkanes of at least 4 members (excludes halogenated alkanes) is 26. The van der Waals surface area contributed by atoms with Crippen LogP contribution in [-0.4, -0.2) is 37.2 Å². The fourth-order valence-corrected chi connectivity index (χ4v) is 7.58. The molecule has 0 rings (SSSR count). The standard InChI is InChI=1S/C59H102O6/c1-4-7-10-13-16-19-21-23-25-27-29-30-31-33-34-36-38-40-43-46-49-52-58(61)64-55-56(54-63-57(60)51-48-45-42-18-15-12-9-6-3)65-59(62)53-50-47-44-41-39-37-35-32-28-26-24-22-20-17-14-11-8-5-2/h7,10,16,19,23,25-26,28-30,33-34,56H,4-6,8-9,11-15,17-18,20-22,24,27,31-32,35-55H2,1-3H3/b10-7-,19-16-,25-23-,28-26-,30-29-,34-33-. The number of hydrogen-bond acceptors (Lipinski definition) is 6. The molecule has 0 spiro atoms. The molecule has 65 heavy (non-hydrogen) atoms. The van der Waals surface area contributed by atoms with Crippen molar-refractivity contribution < 1.29 is 28.6 Å². The zero-order valence-electron chi connectivity index (χ0n) is 42.7. The summed E-state index contributed by atoms with van der Waals surface area (Å²) in [6.45, 7) is 6.48. The van der Waals surface area contributed by atoms with E-state index in [9.17, 15) is 14.4 Å². The van der Waals surface area contributed by atoms with Gasteiger partial charge in [-0.3, -0.25) is 14.4 Å². The summed E-state index contributed by atoms with van der Waals surface area (Å²) in [5, 5.41) is 0. The molecule has 1 atom stereocenters. The number of carbonyl (C=O) groups is 3. The van der Waals surface area contributed by atoms with Crippen LogP contribution in [0.15, 0.2) is 72.9 Å². The van der Waals surface area contributed by atoms with Crippen LogP contribution in [0, 0.1) is 0 Å². The van der Waals surface area contributed by atoms with E-state index in [4.69, 9.17) is 14.2 Å². The molecule has 0 aliphatic heterocycles. The molecular weight excluding hydrogens is 805 g/mol. The Bertz CT molecular complexity index is 1230. The maximum Gasteiger partial charge on any atom is 0.306 e. The molecule has 0 aliphatic carbocycles. The van der Waals surface area contributed by atoms with Crippen molar-refractivity contribution in [1.29, 1.82) is 0 Å². The highest BCUT2D eigenvalue weighted by molar-refractivity contribution is 5.71. The molecule has 0 fully saturated rings. The Morgan fingerprint density at radius 1 is 0.323 bits per heavy atom. The first-order valence-corrected chi connectivity index (χ1v) is 27.4. The van der Waals surface area contributed by atoms with Crippen molar-refractivity contribution in [2.45, 2.75) is 271 Å². The van der Waals surface area contributed by atoms with Crippen molar-refractivity contribution in [2.24, 2.45) is 0 Å². The van der Waals surface area contributed by atoms with Gasteiger partial charge in [-0.25, -0.2) is 0 Å². The van der Waals surface area contributed by atoms with Gasteiger partial charge in [0.2, 0.25) is 0 Å². The summed E-state index contributed by atoms with van der Waals surface area (Å²) in [4.78, 5) is 37.9. The summed E-state index contributed by atoms with van der Waals surface area (Å²) in [5.41, 5.74) is 0. The highest BCUT2D eigenvalue weighted by Crippen LogP contribution is 2.15. The van der Waals surface area contributed by atoms with Crippen molar-refractivity contribution in [3.8, 4) is 0 Å². The largest absolute Gasteiger partial charge is 0.462 e. The monoisotopic (exact) mass is 907 g/mol. The first-order chi connectivity index (χ1) is 32.0. The van der Waals surface area contributed by atoms with E-state index in [1.165, 1.54) is 116 Å². The van der Waals surface area contributed by atoms with Crippen LogP contribution in [-0.2, 0) is 28.6 Å². The van der Waals surface area contributed by atoms with Crippen LogP contribution in [0.25, 0.3) is 0 Å². The Labute approximate surface area is 402 Å². The van der Waals surface area contributed by atoms with Gasteiger partial charge < -0.3 is 14.2 Å². The minimum Gasteiger partial charge on any atom is -0.462 e. The highest BCUT2D eigenvalue weighted by Gasteiger charge is 2.19. The maximum atomic E-state index is 12.8. The smallest absolute Gasteiger partial charge is 0.306 e. The second-order valence-corrected chi connectivity index (χ2v) is 18.1. The van der Waals surface area contributed by atoms with Gasteiger partial charge in [0.25, 0.3) is 0 Å². The second kappa shape index (κ2) is 53.5. The molecule has 0 amide bonds. The lowest BCUT2D eigenvalue weighted by Crippen LogP contribution is -2.30. The van der Waals surface area contributed by atoms with Crippen LogP contribution in [0.2, 0.25) is 0 Å². The van der Waals surface area contributed by atoms with E-state index in [0.717, 1.165) is 109 Å². The third-order valence-electron chi connectivity index (χ3n) is 11.7. The average Bonchev–Trinajstić information content (AvgIpc) is 3.30. The van der Waals surface area contributed by atoms with Gasteiger partial charge in [-0.2, -0.15) is 0 Å². The van der Waals surface area contributed by atoms with Gasteiger partial charge in [0.15, 0.2) is 6.10 Å². The molecule has 6 nitrogen and oxygen atoms in total. The zero-order chi connectivity index (χ0) is 47.2.